The molecular weight excluding hydrogens is 366 g/mol. The molecule has 0 unspecified atom stereocenters. The molecule has 0 amide bonds. The molecule has 0 atom stereocenters. The highest BCUT2D eigenvalue weighted by Crippen LogP contribution is 2.27. The predicted molar refractivity (Wildman–Crippen MR) is 92.7 cm³/mol. The highest BCUT2D eigenvalue weighted by Gasteiger charge is 2.13. The Morgan fingerprint density at radius 3 is 2.48 bits per heavy atom. The molecule has 0 saturated heterocycles. The highest BCUT2D eigenvalue weighted by atomic mass is 35.5. The average Bonchev–Trinajstić information content (AvgIpc) is 2.61. The lowest BCUT2D eigenvalue weighted by Crippen LogP contribution is -2.09. The molecule has 25 heavy (non-hydrogen) atoms. The lowest BCUT2D eigenvalue weighted by molar-refractivity contribution is 0.289. The molecule has 0 bridgehead atoms. The van der Waals surface area contributed by atoms with Gasteiger partial charge in [-0.2, -0.15) is 8.42 Å². The van der Waals surface area contributed by atoms with Crippen molar-refractivity contribution < 1.29 is 17.3 Å². The van der Waals surface area contributed by atoms with Crippen molar-refractivity contribution in [3.05, 3.63) is 59.0 Å². The van der Waals surface area contributed by atoms with E-state index in [-0.39, 0.29) is 12.4 Å². The van der Waals surface area contributed by atoms with Crippen LogP contribution >= 0.6 is 11.6 Å². The summed E-state index contributed by atoms with van der Waals surface area (Å²) in [7, 11) is -2.51. The van der Waals surface area contributed by atoms with Gasteiger partial charge in [0.15, 0.2) is 5.15 Å². The molecule has 0 saturated carbocycles. The second kappa shape index (κ2) is 7.30. The van der Waals surface area contributed by atoms with Gasteiger partial charge in [-0.05, 0) is 18.2 Å². The number of rotatable bonds is 6. The van der Waals surface area contributed by atoms with Gasteiger partial charge in [-0.1, -0.05) is 35.9 Å². The molecule has 0 spiro atoms. The molecule has 0 aliphatic rings. The first kappa shape index (κ1) is 17.5. The van der Waals surface area contributed by atoms with E-state index in [1.165, 1.54) is 0 Å². The quantitative estimate of drug-likeness (QED) is 0.608. The Hall–Kier alpha value is -2.29. The summed E-state index contributed by atoms with van der Waals surface area (Å²) in [6, 6.07) is 12.4. The third-order valence-electron chi connectivity index (χ3n) is 3.41. The summed E-state index contributed by atoms with van der Waals surface area (Å²) in [5, 5.41) is 9.61. The van der Waals surface area contributed by atoms with Crippen molar-refractivity contribution in [3.63, 3.8) is 0 Å². The van der Waals surface area contributed by atoms with Crippen LogP contribution in [0.5, 0.6) is 5.88 Å². The maximum atomic E-state index is 11.5. The number of hydrogen-bond donors (Lipinski definition) is 0. The molecule has 0 aliphatic heterocycles. The van der Waals surface area contributed by atoms with Crippen LogP contribution < -0.4 is 4.74 Å². The van der Waals surface area contributed by atoms with Crippen molar-refractivity contribution in [2.75, 3.05) is 7.11 Å². The standard InChI is InChI=1S/C16H14ClN3O4S/c1-23-25(21,22)10-12-6-4-5-11(18-12)9-24-16-14-8-3-2-7-13(14)15(17)19-20-16/h2-8H,9-10H2,1H3. The SMILES string of the molecule is COS(=O)(=O)Cc1cccc(COc2nnc(Cl)c3ccccc23)n1. The fourth-order valence-electron chi connectivity index (χ4n) is 2.23. The van der Waals surface area contributed by atoms with Gasteiger partial charge in [-0.15, -0.1) is 10.2 Å². The van der Waals surface area contributed by atoms with Gasteiger partial charge < -0.3 is 4.74 Å². The molecule has 0 N–H and O–H groups in total. The molecule has 9 heteroatoms. The van der Waals surface area contributed by atoms with Gasteiger partial charge in [0, 0.05) is 10.8 Å². The second-order valence-corrected chi connectivity index (χ2v) is 7.21. The molecule has 2 heterocycles. The second-order valence-electron chi connectivity index (χ2n) is 5.12. The summed E-state index contributed by atoms with van der Waals surface area (Å²) in [6.45, 7) is 0.112. The van der Waals surface area contributed by atoms with Gasteiger partial charge in [0.25, 0.3) is 10.1 Å². The fraction of sp³-hybridized carbons (Fsp3) is 0.188. The molecular formula is C16H14ClN3O4S. The van der Waals surface area contributed by atoms with Crippen molar-refractivity contribution in [1.29, 1.82) is 0 Å². The van der Waals surface area contributed by atoms with Gasteiger partial charge in [0.2, 0.25) is 5.88 Å². The minimum Gasteiger partial charge on any atom is -0.470 e. The maximum absolute atomic E-state index is 11.5. The van der Waals surface area contributed by atoms with Crippen LogP contribution in [0.25, 0.3) is 10.8 Å². The topological polar surface area (TPSA) is 91.3 Å². The summed E-state index contributed by atoms with van der Waals surface area (Å²) >= 11 is 6.03. The molecule has 7 nitrogen and oxygen atoms in total. The van der Waals surface area contributed by atoms with E-state index in [2.05, 4.69) is 19.4 Å². The van der Waals surface area contributed by atoms with Crippen molar-refractivity contribution in [3.8, 4) is 5.88 Å². The summed E-state index contributed by atoms with van der Waals surface area (Å²) < 4.78 is 33.2. The summed E-state index contributed by atoms with van der Waals surface area (Å²) in [5.41, 5.74) is 0.930. The molecule has 0 radical (unpaired) electrons. The van der Waals surface area contributed by atoms with E-state index in [1.807, 2.05) is 24.3 Å². The van der Waals surface area contributed by atoms with Gasteiger partial charge in [0.05, 0.1) is 18.5 Å². The molecule has 130 valence electrons. The van der Waals surface area contributed by atoms with E-state index in [0.717, 1.165) is 17.9 Å². The van der Waals surface area contributed by atoms with Crippen LogP contribution in [0, 0.1) is 0 Å². The van der Waals surface area contributed by atoms with E-state index in [4.69, 9.17) is 16.3 Å². The van der Waals surface area contributed by atoms with Crippen LogP contribution in [-0.2, 0) is 26.7 Å². The number of ether oxygens (including phenoxy) is 1. The number of pyridine rings is 1. The monoisotopic (exact) mass is 379 g/mol. The first-order valence-corrected chi connectivity index (χ1v) is 9.21. The Labute approximate surface area is 149 Å². The lowest BCUT2D eigenvalue weighted by Gasteiger charge is -2.09. The van der Waals surface area contributed by atoms with Crippen molar-refractivity contribution >= 4 is 32.5 Å². The Bertz CT molecular complexity index is 1010. The zero-order valence-electron chi connectivity index (χ0n) is 13.2. The third-order valence-corrected chi connectivity index (χ3v) is 4.84. The first-order chi connectivity index (χ1) is 12.0. The lowest BCUT2D eigenvalue weighted by atomic mass is 10.2. The van der Waals surface area contributed by atoms with Crippen LogP contribution in [0.2, 0.25) is 5.15 Å². The minimum absolute atomic E-state index is 0.112. The largest absolute Gasteiger partial charge is 0.470 e. The average molecular weight is 380 g/mol. The summed E-state index contributed by atoms with van der Waals surface area (Å²) in [4.78, 5) is 4.26. The normalized spacial score (nSPS) is 11.6. The number of nitrogens with zero attached hydrogens (tertiary/aromatic N) is 3. The van der Waals surface area contributed by atoms with Crippen LogP contribution in [0.3, 0.4) is 0 Å². The highest BCUT2D eigenvalue weighted by molar-refractivity contribution is 7.85. The zero-order valence-corrected chi connectivity index (χ0v) is 14.8. The molecule has 3 aromatic rings. The number of halogens is 1. The Morgan fingerprint density at radius 2 is 1.72 bits per heavy atom. The number of hydrogen-bond acceptors (Lipinski definition) is 7. The van der Waals surface area contributed by atoms with E-state index in [9.17, 15) is 8.42 Å². The van der Waals surface area contributed by atoms with Crippen LogP contribution in [0.15, 0.2) is 42.5 Å². The van der Waals surface area contributed by atoms with E-state index in [1.54, 1.807) is 18.2 Å². The Balaban J connectivity index is 1.80. The van der Waals surface area contributed by atoms with E-state index < -0.39 is 10.1 Å². The summed E-state index contributed by atoms with van der Waals surface area (Å²) in [6.07, 6.45) is 0. The third kappa shape index (κ3) is 4.22. The van der Waals surface area contributed by atoms with Crippen LogP contribution in [0.1, 0.15) is 11.4 Å². The number of aromatic nitrogens is 3. The molecule has 1 aromatic carbocycles. The maximum Gasteiger partial charge on any atom is 0.272 e. The number of fused-ring (bicyclic) bond motifs is 1. The van der Waals surface area contributed by atoms with Gasteiger partial charge in [-0.3, -0.25) is 9.17 Å². The van der Waals surface area contributed by atoms with Crippen molar-refractivity contribution in [1.82, 2.24) is 15.2 Å². The molecule has 2 aromatic heterocycles. The van der Waals surface area contributed by atoms with Crippen LogP contribution in [0.4, 0.5) is 0 Å². The van der Waals surface area contributed by atoms with E-state index in [0.29, 0.717) is 22.4 Å². The van der Waals surface area contributed by atoms with Crippen LogP contribution in [-0.4, -0.2) is 30.7 Å². The smallest absolute Gasteiger partial charge is 0.272 e. The van der Waals surface area contributed by atoms with Crippen molar-refractivity contribution in [2.45, 2.75) is 12.4 Å². The van der Waals surface area contributed by atoms with Gasteiger partial charge in [-0.25, -0.2) is 0 Å². The van der Waals surface area contributed by atoms with Gasteiger partial charge >= 0.3 is 0 Å². The zero-order chi connectivity index (χ0) is 17.9. The molecule has 3 rings (SSSR count). The summed E-state index contributed by atoms with van der Waals surface area (Å²) in [5.74, 6) is 0.0258. The first-order valence-electron chi connectivity index (χ1n) is 7.25. The molecule has 0 aliphatic carbocycles. The Morgan fingerprint density at radius 1 is 1.00 bits per heavy atom. The predicted octanol–water partition coefficient (Wildman–Crippen LogP) is 2.73. The Kier molecular flexibility index (Phi) is 5.12. The number of benzene rings is 1. The molecule has 0 fully saturated rings. The van der Waals surface area contributed by atoms with E-state index >= 15 is 0 Å². The van der Waals surface area contributed by atoms with Gasteiger partial charge in [0.1, 0.15) is 12.4 Å². The fourth-order valence-corrected chi connectivity index (χ4v) is 3.07. The minimum atomic E-state index is -3.63. The van der Waals surface area contributed by atoms with Crippen molar-refractivity contribution in [2.24, 2.45) is 0 Å².